The number of hydrogen-bond acceptors (Lipinski definition) is 1. The molecule has 0 aliphatic carbocycles. The molecule has 0 bridgehead atoms. The highest BCUT2D eigenvalue weighted by Gasteiger charge is 2.31. The molecule has 0 unspecified atom stereocenters. The van der Waals surface area contributed by atoms with Crippen LogP contribution in [0, 0.1) is 0 Å². The van der Waals surface area contributed by atoms with Gasteiger partial charge in [0.05, 0.1) is 6.61 Å². The van der Waals surface area contributed by atoms with Crippen molar-refractivity contribution in [3.05, 3.63) is 12.7 Å². The number of hydrogen-bond donors (Lipinski definition) is 0. The predicted molar refractivity (Wildman–Crippen MR) is 67.2 cm³/mol. The molecular formula is C12H26OSi. The van der Waals surface area contributed by atoms with Crippen LogP contribution in [0.3, 0.4) is 0 Å². The van der Waals surface area contributed by atoms with E-state index in [1.54, 1.807) is 0 Å². The van der Waals surface area contributed by atoms with Crippen LogP contribution >= 0.6 is 0 Å². The van der Waals surface area contributed by atoms with Crippen molar-refractivity contribution in [1.29, 1.82) is 0 Å². The standard InChI is InChI=1S/C12H26OSi/c1-5-9-13-14(10-6-2,11-7-3)12-8-4/h5H,1,6-12H2,2-4H3. The summed E-state index contributed by atoms with van der Waals surface area (Å²) in [6.45, 7) is 11.3. The summed E-state index contributed by atoms with van der Waals surface area (Å²) in [6.07, 6.45) is 5.69. The van der Waals surface area contributed by atoms with E-state index in [2.05, 4.69) is 27.4 Å². The van der Waals surface area contributed by atoms with Crippen molar-refractivity contribution < 1.29 is 4.43 Å². The Balaban J connectivity index is 4.28. The van der Waals surface area contributed by atoms with Crippen LogP contribution in [0.2, 0.25) is 18.1 Å². The molecule has 0 N–H and O–H groups in total. The average molecular weight is 214 g/mol. The van der Waals surface area contributed by atoms with Gasteiger partial charge in [-0.25, -0.2) is 0 Å². The minimum atomic E-state index is -1.39. The highest BCUT2D eigenvalue weighted by molar-refractivity contribution is 6.73. The van der Waals surface area contributed by atoms with Crippen molar-refractivity contribution in [3.8, 4) is 0 Å². The van der Waals surface area contributed by atoms with Crippen LogP contribution in [-0.2, 0) is 4.43 Å². The lowest BCUT2D eigenvalue weighted by Crippen LogP contribution is -2.37. The molecule has 0 aromatic rings. The monoisotopic (exact) mass is 214 g/mol. The molecule has 0 rings (SSSR count). The summed E-state index contributed by atoms with van der Waals surface area (Å²) in [7, 11) is -1.39. The molecule has 0 atom stereocenters. The minimum absolute atomic E-state index is 0.756. The molecular weight excluding hydrogens is 188 g/mol. The van der Waals surface area contributed by atoms with E-state index in [1.165, 1.54) is 37.4 Å². The van der Waals surface area contributed by atoms with Gasteiger partial charge in [-0.3, -0.25) is 0 Å². The largest absolute Gasteiger partial charge is 0.413 e. The van der Waals surface area contributed by atoms with Crippen LogP contribution < -0.4 is 0 Å². The Labute approximate surface area is 90.7 Å². The summed E-state index contributed by atoms with van der Waals surface area (Å²) in [6, 6.07) is 3.97. The van der Waals surface area contributed by atoms with E-state index in [4.69, 9.17) is 4.43 Å². The summed E-state index contributed by atoms with van der Waals surface area (Å²) >= 11 is 0. The van der Waals surface area contributed by atoms with Gasteiger partial charge in [0, 0.05) is 0 Å². The maximum absolute atomic E-state index is 6.12. The minimum Gasteiger partial charge on any atom is -0.413 e. The molecule has 0 fully saturated rings. The second kappa shape index (κ2) is 8.24. The van der Waals surface area contributed by atoms with Crippen LogP contribution in [-0.4, -0.2) is 14.9 Å². The van der Waals surface area contributed by atoms with Gasteiger partial charge in [0.2, 0.25) is 0 Å². The normalized spacial score (nSPS) is 11.6. The van der Waals surface area contributed by atoms with E-state index in [0.717, 1.165) is 6.61 Å². The van der Waals surface area contributed by atoms with Crippen LogP contribution in [0.5, 0.6) is 0 Å². The highest BCUT2D eigenvalue weighted by Crippen LogP contribution is 2.27. The Hall–Kier alpha value is -0.0831. The zero-order valence-corrected chi connectivity index (χ0v) is 11.1. The SMILES string of the molecule is C=CCO[Si](CCC)(CCC)CCC. The molecule has 14 heavy (non-hydrogen) atoms. The maximum Gasteiger partial charge on any atom is 0.193 e. The number of rotatable bonds is 9. The first-order valence-electron chi connectivity index (χ1n) is 5.99. The van der Waals surface area contributed by atoms with E-state index in [1.807, 2.05) is 6.08 Å². The van der Waals surface area contributed by atoms with Gasteiger partial charge in [0.25, 0.3) is 0 Å². The van der Waals surface area contributed by atoms with Gasteiger partial charge in [-0.1, -0.05) is 46.1 Å². The zero-order chi connectivity index (χ0) is 10.9. The van der Waals surface area contributed by atoms with E-state index < -0.39 is 8.32 Å². The van der Waals surface area contributed by atoms with Crippen LogP contribution in [0.15, 0.2) is 12.7 Å². The van der Waals surface area contributed by atoms with Crippen LogP contribution in [0.4, 0.5) is 0 Å². The van der Waals surface area contributed by atoms with E-state index in [0.29, 0.717) is 0 Å². The molecule has 0 aliphatic rings. The molecule has 0 aromatic carbocycles. The van der Waals surface area contributed by atoms with Crippen LogP contribution in [0.1, 0.15) is 40.0 Å². The third-order valence-corrected chi connectivity index (χ3v) is 7.64. The first-order chi connectivity index (χ1) is 6.74. The molecule has 0 saturated heterocycles. The fraction of sp³-hybridized carbons (Fsp3) is 0.833. The molecule has 0 aliphatic heterocycles. The zero-order valence-electron chi connectivity index (χ0n) is 10.1. The van der Waals surface area contributed by atoms with Crippen molar-refractivity contribution >= 4 is 8.32 Å². The van der Waals surface area contributed by atoms with Crippen molar-refractivity contribution in [3.63, 3.8) is 0 Å². The van der Waals surface area contributed by atoms with Gasteiger partial charge >= 0.3 is 0 Å². The fourth-order valence-electron chi connectivity index (χ4n) is 2.19. The Morgan fingerprint density at radius 2 is 1.43 bits per heavy atom. The Bertz CT molecular complexity index is 128. The van der Waals surface area contributed by atoms with E-state index in [-0.39, 0.29) is 0 Å². The molecule has 0 saturated carbocycles. The lowest BCUT2D eigenvalue weighted by Gasteiger charge is -2.30. The Morgan fingerprint density at radius 1 is 1.00 bits per heavy atom. The van der Waals surface area contributed by atoms with Crippen LogP contribution in [0.25, 0.3) is 0 Å². The van der Waals surface area contributed by atoms with Gasteiger partial charge in [-0.05, 0) is 18.1 Å². The van der Waals surface area contributed by atoms with Crippen molar-refractivity contribution in [1.82, 2.24) is 0 Å². The third kappa shape index (κ3) is 4.96. The smallest absolute Gasteiger partial charge is 0.193 e. The molecule has 0 spiro atoms. The van der Waals surface area contributed by atoms with Gasteiger partial charge < -0.3 is 4.43 Å². The molecule has 84 valence electrons. The van der Waals surface area contributed by atoms with Crippen molar-refractivity contribution in [2.75, 3.05) is 6.61 Å². The molecule has 0 heterocycles. The van der Waals surface area contributed by atoms with Gasteiger partial charge in [0.1, 0.15) is 0 Å². The first-order valence-corrected chi connectivity index (χ1v) is 8.52. The first kappa shape index (κ1) is 13.9. The quantitative estimate of drug-likeness (QED) is 0.409. The summed E-state index contributed by atoms with van der Waals surface area (Å²) in [5.41, 5.74) is 0. The van der Waals surface area contributed by atoms with E-state index in [9.17, 15) is 0 Å². The lowest BCUT2D eigenvalue weighted by molar-refractivity contribution is 0.337. The predicted octanol–water partition coefficient (Wildman–Crippen LogP) is 4.36. The second-order valence-corrected chi connectivity index (χ2v) is 8.19. The summed E-state index contributed by atoms with van der Waals surface area (Å²) in [4.78, 5) is 0. The Kier molecular flexibility index (Phi) is 8.19. The average Bonchev–Trinajstić information content (AvgIpc) is 2.16. The van der Waals surface area contributed by atoms with Crippen molar-refractivity contribution in [2.24, 2.45) is 0 Å². The summed E-state index contributed by atoms with van der Waals surface area (Å²) in [5, 5.41) is 0. The van der Waals surface area contributed by atoms with Gasteiger partial charge in [0.15, 0.2) is 8.32 Å². The summed E-state index contributed by atoms with van der Waals surface area (Å²) < 4.78 is 6.12. The molecule has 0 radical (unpaired) electrons. The van der Waals surface area contributed by atoms with Gasteiger partial charge in [-0.15, -0.1) is 6.58 Å². The molecule has 1 nitrogen and oxygen atoms in total. The molecule has 0 amide bonds. The van der Waals surface area contributed by atoms with Gasteiger partial charge in [-0.2, -0.15) is 0 Å². The third-order valence-electron chi connectivity index (χ3n) is 2.62. The van der Waals surface area contributed by atoms with E-state index >= 15 is 0 Å². The molecule has 0 aromatic heterocycles. The second-order valence-electron chi connectivity index (χ2n) is 4.03. The topological polar surface area (TPSA) is 9.23 Å². The molecule has 2 heteroatoms. The summed E-state index contributed by atoms with van der Waals surface area (Å²) in [5.74, 6) is 0. The maximum atomic E-state index is 6.12. The highest BCUT2D eigenvalue weighted by atomic mass is 28.4. The van der Waals surface area contributed by atoms with Crippen molar-refractivity contribution in [2.45, 2.75) is 58.2 Å². The fourth-order valence-corrected chi connectivity index (χ4v) is 6.58. The lowest BCUT2D eigenvalue weighted by atomic mass is 10.6. The Morgan fingerprint density at radius 3 is 1.71 bits per heavy atom.